The zero-order valence-electron chi connectivity index (χ0n) is 8.48. The predicted molar refractivity (Wildman–Crippen MR) is 54.7 cm³/mol. The minimum absolute atomic E-state index is 0.222. The normalized spacial score (nSPS) is 20.9. The van der Waals surface area contributed by atoms with E-state index in [0.717, 1.165) is 19.8 Å². The molecule has 2 atom stereocenters. The highest BCUT2D eigenvalue weighted by Gasteiger charge is 2.13. The third kappa shape index (κ3) is 3.65. The maximum absolute atomic E-state index is 5.70. The molecule has 4 nitrogen and oxygen atoms in total. The first kappa shape index (κ1) is 10.3. The molecule has 1 heterocycles. The van der Waals surface area contributed by atoms with Gasteiger partial charge in [-0.05, 0) is 13.8 Å². The van der Waals surface area contributed by atoms with Gasteiger partial charge >= 0.3 is 0 Å². The van der Waals surface area contributed by atoms with E-state index < -0.39 is 0 Å². The lowest BCUT2D eigenvalue weighted by atomic mass is 10.3. The highest BCUT2D eigenvalue weighted by molar-refractivity contribution is 4.92. The van der Waals surface area contributed by atoms with Crippen LogP contribution in [0.1, 0.15) is 13.8 Å². The van der Waals surface area contributed by atoms with Crippen LogP contribution in [0.25, 0.3) is 0 Å². The van der Waals surface area contributed by atoms with Crippen molar-refractivity contribution in [2.24, 2.45) is 11.5 Å². The second-order valence-electron chi connectivity index (χ2n) is 3.94. The van der Waals surface area contributed by atoms with Crippen LogP contribution in [-0.2, 0) is 0 Å². The maximum atomic E-state index is 5.70. The van der Waals surface area contributed by atoms with Crippen molar-refractivity contribution in [1.82, 2.24) is 9.80 Å². The van der Waals surface area contributed by atoms with Gasteiger partial charge in [-0.1, -0.05) is 0 Å². The molecule has 0 aromatic rings. The van der Waals surface area contributed by atoms with E-state index in [1.165, 1.54) is 0 Å². The molecule has 4 N–H and O–H groups in total. The molecule has 1 rings (SSSR count). The van der Waals surface area contributed by atoms with Crippen LogP contribution < -0.4 is 11.5 Å². The van der Waals surface area contributed by atoms with E-state index in [0.29, 0.717) is 0 Å². The fourth-order valence-electron chi connectivity index (χ4n) is 1.49. The molecule has 0 saturated heterocycles. The van der Waals surface area contributed by atoms with Gasteiger partial charge in [-0.15, -0.1) is 0 Å². The molecule has 1 aliphatic heterocycles. The number of hydrogen-bond acceptors (Lipinski definition) is 4. The first-order valence-corrected chi connectivity index (χ1v) is 4.75. The van der Waals surface area contributed by atoms with Crippen LogP contribution in [0.3, 0.4) is 0 Å². The molecule has 0 aliphatic carbocycles. The van der Waals surface area contributed by atoms with Crippen LogP contribution in [0.4, 0.5) is 0 Å². The highest BCUT2D eigenvalue weighted by Crippen LogP contribution is 2.06. The van der Waals surface area contributed by atoms with E-state index in [2.05, 4.69) is 22.2 Å². The molecule has 0 fully saturated rings. The Hall–Kier alpha value is -0.740. The number of nitrogens with zero attached hydrogens (tertiary/aromatic N) is 2. The van der Waals surface area contributed by atoms with Gasteiger partial charge in [0.2, 0.25) is 0 Å². The van der Waals surface area contributed by atoms with Gasteiger partial charge in [-0.3, -0.25) is 0 Å². The topological polar surface area (TPSA) is 58.5 Å². The lowest BCUT2D eigenvalue weighted by Gasteiger charge is -2.23. The molecule has 76 valence electrons. The highest BCUT2D eigenvalue weighted by atomic mass is 15.3. The molecule has 0 saturated carbocycles. The van der Waals surface area contributed by atoms with Crippen LogP contribution in [0.2, 0.25) is 0 Å². The summed E-state index contributed by atoms with van der Waals surface area (Å²) in [6.07, 6.45) is 4.15. The van der Waals surface area contributed by atoms with Crippen molar-refractivity contribution in [1.29, 1.82) is 0 Å². The summed E-state index contributed by atoms with van der Waals surface area (Å²) in [5, 5.41) is 0. The Morgan fingerprint density at radius 1 is 1.08 bits per heavy atom. The predicted octanol–water partition coefficient (Wildman–Crippen LogP) is -0.273. The monoisotopic (exact) mass is 184 g/mol. The van der Waals surface area contributed by atoms with Crippen molar-refractivity contribution in [2.75, 3.05) is 19.8 Å². The van der Waals surface area contributed by atoms with Crippen molar-refractivity contribution >= 4 is 0 Å². The van der Waals surface area contributed by atoms with Gasteiger partial charge in [0, 0.05) is 37.6 Å². The van der Waals surface area contributed by atoms with Crippen LogP contribution in [0, 0.1) is 0 Å². The van der Waals surface area contributed by atoms with Gasteiger partial charge < -0.3 is 21.3 Å². The quantitative estimate of drug-likeness (QED) is 0.631. The number of hydrogen-bond donors (Lipinski definition) is 2. The van der Waals surface area contributed by atoms with E-state index in [9.17, 15) is 0 Å². The third-order valence-corrected chi connectivity index (χ3v) is 1.90. The minimum atomic E-state index is 0.222. The van der Waals surface area contributed by atoms with Crippen LogP contribution in [0.15, 0.2) is 12.4 Å². The second kappa shape index (κ2) is 4.48. The first-order valence-electron chi connectivity index (χ1n) is 4.75. The van der Waals surface area contributed by atoms with Gasteiger partial charge in [0.1, 0.15) is 0 Å². The van der Waals surface area contributed by atoms with E-state index >= 15 is 0 Å². The van der Waals surface area contributed by atoms with Crippen molar-refractivity contribution in [3.8, 4) is 0 Å². The van der Waals surface area contributed by atoms with E-state index in [1.54, 1.807) is 0 Å². The summed E-state index contributed by atoms with van der Waals surface area (Å²) in [7, 11) is 0. The van der Waals surface area contributed by atoms with E-state index in [4.69, 9.17) is 11.5 Å². The van der Waals surface area contributed by atoms with E-state index in [-0.39, 0.29) is 12.1 Å². The van der Waals surface area contributed by atoms with Gasteiger partial charge in [-0.25, -0.2) is 0 Å². The van der Waals surface area contributed by atoms with Crippen molar-refractivity contribution in [3.63, 3.8) is 0 Å². The molecule has 4 heteroatoms. The van der Waals surface area contributed by atoms with Crippen LogP contribution in [0.5, 0.6) is 0 Å². The summed E-state index contributed by atoms with van der Waals surface area (Å²) in [5.41, 5.74) is 11.4. The standard InChI is InChI=1S/C9H20N4/c1-8(10)5-12-3-4-13(7-12)6-9(2)11/h3-4,8-9H,5-7,10-11H2,1-2H3. The van der Waals surface area contributed by atoms with Crippen LogP contribution in [-0.4, -0.2) is 41.6 Å². The summed E-state index contributed by atoms with van der Waals surface area (Å²) in [4.78, 5) is 4.40. The fourth-order valence-corrected chi connectivity index (χ4v) is 1.49. The average molecular weight is 184 g/mol. The minimum Gasteiger partial charge on any atom is -0.357 e. The Kier molecular flexibility index (Phi) is 3.57. The van der Waals surface area contributed by atoms with Gasteiger partial charge in [0.25, 0.3) is 0 Å². The summed E-state index contributed by atoms with van der Waals surface area (Å²) < 4.78 is 0. The Morgan fingerprint density at radius 2 is 1.46 bits per heavy atom. The Morgan fingerprint density at radius 3 is 1.77 bits per heavy atom. The zero-order chi connectivity index (χ0) is 9.84. The molecule has 13 heavy (non-hydrogen) atoms. The summed E-state index contributed by atoms with van der Waals surface area (Å²) in [5.74, 6) is 0. The number of rotatable bonds is 4. The Labute approximate surface area is 80.2 Å². The molecule has 0 spiro atoms. The molecule has 0 bridgehead atoms. The molecule has 0 aromatic heterocycles. The lowest BCUT2D eigenvalue weighted by molar-refractivity contribution is 0.250. The molecule has 0 radical (unpaired) electrons. The smallest absolute Gasteiger partial charge is 0.0895 e. The van der Waals surface area contributed by atoms with Crippen molar-refractivity contribution < 1.29 is 0 Å². The lowest BCUT2D eigenvalue weighted by Crippen LogP contribution is -2.37. The first-order chi connectivity index (χ1) is 6.08. The van der Waals surface area contributed by atoms with Crippen LogP contribution >= 0.6 is 0 Å². The van der Waals surface area contributed by atoms with Crippen molar-refractivity contribution in [2.45, 2.75) is 25.9 Å². The van der Waals surface area contributed by atoms with Gasteiger partial charge in [0.05, 0.1) is 6.67 Å². The average Bonchev–Trinajstić information content (AvgIpc) is 2.33. The van der Waals surface area contributed by atoms with Gasteiger partial charge in [0.15, 0.2) is 0 Å². The molecule has 0 aromatic carbocycles. The maximum Gasteiger partial charge on any atom is 0.0895 e. The van der Waals surface area contributed by atoms with E-state index in [1.807, 2.05) is 13.8 Å². The Balaban J connectivity index is 2.25. The molecule has 0 amide bonds. The number of nitrogens with two attached hydrogens (primary N) is 2. The third-order valence-electron chi connectivity index (χ3n) is 1.90. The fraction of sp³-hybridized carbons (Fsp3) is 0.778. The summed E-state index contributed by atoms with van der Waals surface area (Å²) in [6.45, 7) is 6.77. The molecular weight excluding hydrogens is 164 g/mol. The zero-order valence-corrected chi connectivity index (χ0v) is 8.48. The van der Waals surface area contributed by atoms with Gasteiger partial charge in [-0.2, -0.15) is 0 Å². The molecule has 2 unspecified atom stereocenters. The van der Waals surface area contributed by atoms with Crippen molar-refractivity contribution in [3.05, 3.63) is 12.4 Å². The molecular formula is C9H20N4. The summed E-state index contributed by atoms with van der Waals surface area (Å²) in [6, 6.07) is 0.444. The molecule has 1 aliphatic rings. The summed E-state index contributed by atoms with van der Waals surface area (Å²) >= 11 is 0. The Bertz CT molecular complexity index is 158. The second-order valence-corrected chi connectivity index (χ2v) is 3.94. The SMILES string of the molecule is CC(N)CN1C=CN(CC(C)N)C1. The largest absolute Gasteiger partial charge is 0.357 e.